The monoisotopic (exact) mass is 1300 g/mol. The molecule has 36 heteroatoms. The second kappa shape index (κ2) is 27.0. The molecule has 8 unspecified atom stereocenters. The molecule has 6 aliphatic rings. The number of nitrogens with zero attached hydrogens (tertiary/aromatic N) is 6. The molecule has 32 radical (unpaired) electrons. The Kier molecular flexibility index (Phi) is 17.9. The van der Waals surface area contributed by atoms with Crippen LogP contribution in [0.1, 0.15) is 22.3 Å². The lowest BCUT2D eigenvalue weighted by atomic mass is 9.38. The van der Waals surface area contributed by atoms with Gasteiger partial charge < -0.3 is 28.9 Å². The standard InChI is InChI=1S/C68H42B24N8O4/c69-81-61-65(85-73,89(61)77)29-33-13-21-37(22-14-33)101-45-9-1-5-41-49(45)57-94-53(41)93-54-42-6-2-10-46(102-38-23-15-34(16-24-38)30-66(86-74)62(82-70)90(66)78)50(42)58(95-54)97-56-44-8-4-12-48(104-40-27-19-36(20-28-40)32-68(88-76)64(84-72)92(68)80)52(44)60(99-56)100-59-51-43(55(96-57)98-59)7-3-11-47(51)103-39-25-17-35(18-26-39)31-67(87-75)63(83-71)91(67)79/h1-28,61-64H,29-32H2,(H2,93,94,95,96,97,98,99,100)/i81+0,82+0,83+0,84+0,85+0,86+0,87+0,88+0,89+0,90+0,91+0,92+0. The van der Waals surface area contributed by atoms with Crippen LogP contribution < -0.4 is 18.9 Å². The number of aromatic amines is 2. The highest BCUT2D eigenvalue weighted by Gasteiger charge is 2.61. The van der Waals surface area contributed by atoms with Crippen LogP contribution in [-0.4, -0.2) is 216 Å². The van der Waals surface area contributed by atoms with E-state index in [4.69, 9.17) is 142 Å². The first-order valence-electron chi connectivity index (χ1n) is 34.5. The third-order valence-electron chi connectivity index (χ3n) is 22.6. The van der Waals surface area contributed by atoms with E-state index in [9.17, 15) is 0 Å². The average molecular weight is 1300 g/mol. The molecule has 0 aliphatic carbocycles. The van der Waals surface area contributed by atoms with E-state index in [0.717, 1.165) is 22.3 Å². The van der Waals surface area contributed by atoms with Crippen LogP contribution in [0.25, 0.3) is 89.7 Å². The van der Waals surface area contributed by atoms with Crippen LogP contribution in [0.5, 0.6) is 46.0 Å². The fraction of sp³-hybridized carbons (Fsp3) is 0.176. The van der Waals surface area contributed by atoms with Gasteiger partial charge in [-0.1, -0.05) is 97.1 Å². The Labute approximate surface area is 628 Å². The van der Waals surface area contributed by atoms with Gasteiger partial charge in [0, 0.05) is 143 Å². The summed E-state index contributed by atoms with van der Waals surface area (Å²) >= 11 is 0. The maximum Gasteiger partial charge on any atom is 0.168 e. The Morgan fingerprint density at radius 1 is 0.317 bits per heavy atom. The van der Waals surface area contributed by atoms with E-state index in [1.807, 2.05) is 170 Å². The highest BCUT2D eigenvalue weighted by molar-refractivity contribution is 7.30. The highest BCUT2D eigenvalue weighted by atomic mass is 16.5. The van der Waals surface area contributed by atoms with Gasteiger partial charge in [0.15, 0.2) is 23.3 Å². The van der Waals surface area contributed by atoms with Crippen molar-refractivity contribution >= 4 is 221 Å². The number of rotatable bonds is 24. The van der Waals surface area contributed by atoms with Crippen LogP contribution in [0.3, 0.4) is 0 Å². The fourth-order valence-electron chi connectivity index (χ4n) is 16.2. The van der Waals surface area contributed by atoms with Crippen molar-refractivity contribution in [1.82, 2.24) is 39.9 Å². The Bertz CT molecular complexity index is 5370. The summed E-state index contributed by atoms with van der Waals surface area (Å²) in [6.45, 7) is -0.735. The molecule has 4 saturated heterocycles. The zero-order chi connectivity index (χ0) is 71.6. The highest BCUT2D eigenvalue weighted by Crippen LogP contribution is 2.64. The molecular weight excluding hydrogens is 1250 g/mol. The van der Waals surface area contributed by atoms with E-state index in [-0.39, 0.29) is 60.9 Å². The normalized spacial score (nSPS) is 22.2. The molecule has 12 nitrogen and oxygen atoms in total. The number of benzene rings is 8. The van der Waals surface area contributed by atoms with Gasteiger partial charge in [0.05, 0.1) is 77.0 Å². The second-order valence-corrected chi connectivity index (χ2v) is 28.1. The molecule has 0 saturated carbocycles. The molecule has 2 N–H and O–H groups in total. The van der Waals surface area contributed by atoms with Crippen molar-refractivity contribution in [3.63, 3.8) is 0 Å². The molecule has 0 amide bonds. The predicted molar refractivity (Wildman–Crippen MR) is 441 cm³/mol. The number of ether oxygens (including phenoxy) is 4. The molecule has 104 heavy (non-hydrogen) atoms. The molecule has 11 aromatic rings. The van der Waals surface area contributed by atoms with Crippen LogP contribution in [0.15, 0.2) is 170 Å². The molecular formula is C68H42B24N8O4. The Hall–Kier alpha value is -8.12. The van der Waals surface area contributed by atoms with Crippen molar-refractivity contribution in [1.29, 1.82) is 0 Å². The SMILES string of the molecule is [B][11B]C1[11B]([B])C1([11B][B])Cc1ccc(Oc2cccc3c2-c2nc-3nc3[nH]c(nc4nc(nc5[nH]c(n2)c2cccc(Oc6ccc(CC7([11B][B])[11B]([B])C7[11B][B])cc6)c52)-c2c(Oc5ccc(CC6([11B][B])[11B]([B])C6[11B][B])cc5)cccc2-4)c2c(Oc4ccc(CC5([11B][B])[11B]([B])C5[11B][B])cc4)cccc32)cc1. The fourth-order valence-corrected chi connectivity index (χ4v) is 16.2. The summed E-state index contributed by atoms with van der Waals surface area (Å²) in [5.74, 6) is 5.28. The van der Waals surface area contributed by atoms with Gasteiger partial charge in [0.25, 0.3) is 0 Å². The van der Waals surface area contributed by atoms with Crippen molar-refractivity contribution in [2.45, 2.75) is 69.4 Å². The molecule has 4 fully saturated rings. The van der Waals surface area contributed by atoms with E-state index in [1.165, 1.54) is 0 Å². The van der Waals surface area contributed by atoms with Crippen LogP contribution in [0.4, 0.5) is 0 Å². The summed E-state index contributed by atoms with van der Waals surface area (Å²) in [5.41, 5.74) is 7.85. The zero-order valence-electron chi connectivity index (χ0n) is 56.5. The zero-order valence-corrected chi connectivity index (χ0v) is 56.5. The van der Waals surface area contributed by atoms with Gasteiger partial charge in [-0.25, -0.2) is 29.9 Å². The second-order valence-electron chi connectivity index (χ2n) is 28.1. The molecule has 17 rings (SSSR count). The smallest absolute Gasteiger partial charge is 0.168 e. The summed E-state index contributed by atoms with van der Waals surface area (Å²) in [6.07, 6.45) is 2.40. The van der Waals surface area contributed by atoms with E-state index in [0.29, 0.717) is 150 Å². The Balaban J connectivity index is 0.845. The number of hydrogen-bond donors (Lipinski definition) is 2. The summed E-state index contributed by atoms with van der Waals surface area (Å²) in [4.78, 5) is 39.8. The maximum absolute atomic E-state index is 6.93. The summed E-state index contributed by atoms with van der Waals surface area (Å²) in [5, 5.41) is 0.724. The van der Waals surface area contributed by atoms with Crippen LogP contribution in [0, 0.1) is 0 Å². The quantitative estimate of drug-likeness (QED) is 0.0592. The average Bonchev–Trinajstić information content (AvgIpc) is 1.58. The van der Waals surface area contributed by atoms with Crippen molar-refractivity contribution in [2.75, 3.05) is 0 Å². The first-order chi connectivity index (χ1) is 50.6. The van der Waals surface area contributed by atoms with Crippen molar-refractivity contribution < 1.29 is 18.9 Å². The number of H-pyrrole nitrogens is 2. The number of aromatic nitrogens is 8. The van der Waals surface area contributed by atoms with E-state index in [1.54, 1.807) is 57.4 Å². The summed E-state index contributed by atoms with van der Waals surface area (Å²) in [6, 6.07) is 54.3. The molecule has 8 aromatic carbocycles. The van der Waals surface area contributed by atoms with E-state index >= 15 is 0 Å². The molecule has 0 spiro atoms. The largest absolute Gasteiger partial charge is 0.457 e. The van der Waals surface area contributed by atoms with E-state index < -0.39 is 20.9 Å². The summed E-state index contributed by atoms with van der Waals surface area (Å²) in [7, 11) is 88.1. The summed E-state index contributed by atoms with van der Waals surface area (Å²) < 4.78 is 27.7. The van der Waals surface area contributed by atoms with Crippen LogP contribution >= 0.6 is 0 Å². The van der Waals surface area contributed by atoms with Crippen LogP contribution in [0.2, 0.25) is 43.7 Å². The molecule has 9 heterocycles. The van der Waals surface area contributed by atoms with Gasteiger partial charge in [-0.2, -0.15) is 0 Å². The van der Waals surface area contributed by atoms with Crippen molar-refractivity contribution in [2.24, 2.45) is 0 Å². The van der Waals surface area contributed by atoms with Gasteiger partial charge in [0.1, 0.15) is 68.6 Å². The minimum absolute atomic E-state index is 0.0328. The topological polar surface area (TPSA) is 146 Å². The first kappa shape index (κ1) is 69.0. The van der Waals surface area contributed by atoms with E-state index in [2.05, 4.69) is 9.97 Å². The molecule has 6 aliphatic heterocycles. The number of hydrogen-bond acceptors (Lipinski definition) is 10. The van der Waals surface area contributed by atoms with Gasteiger partial charge in [-0.15, -0.1) is 43.7 Å². The van der Waals surface area contributed by atoms with Gasteiger partial charge in [0.2, 0.25) is 0 Å². The lowest BCUT2D eigenvalue weighted by Crippen LogP contribution is -2.15. The lowest BCUT2D eigenvalue weighted by Gasteiger charge is -2.18. The minimum atomic E-state index is -0.448. The van der Waals surface area contributed by atoms with Crippen molar-refractivity contribution in [3.05, 3.63) is 192 Å². The van der Waals surface area contributed by atoms with Crippen LogP contribution in [-0.2, 0) is 25.7 Å². The molecule has 450 valence electrons. The lowest BCUT2D eigenvalue weighted by molar-refractivity contribution is 0.484. The maximum atomic E-state index is 6.93. The van der Waals surface area contributed by atoms with Crippen molar-refractivity contribution in [3.8, 4) is 91.5 Å². The predicted octanol–water partition coefficient (Wildman–Crippen LogP) is 7.31. The first-order valence-corrected chi connectivity index (χ1v) is 34.5. The molecule has 8 bridgehead atoms. The minimum Gasteiger partial charge on any atom is -0.457 e. The third kappa shape index (κ3) is 11.6. The molecule has 3 aromatic heterocycles. The Morgan fingerprint density at radius 2 is 0.587 bits per heavy atom. The molecule has 8 atom stereocenters. The van der Waals surface area contributed by atoms with Gasteiger partial charge >= 0.3 is 0 Å². The third-order valence-corrected chi connectivity index (χ3v) is 22.6. The number of fused-ring (bicyclic) bond motifs is 20. The van der Waals surface area contributed by atoms with Gasteiger partial charge in [-0.3, -0.25) is 0 Å². The number of nitrogens with one attached hydrogen (secondary N) is 2. The van der Waals surface area contributed by atoms with Gasteiger partial charge in [-0.05, 0) is 121 Å². The Morgan fingerprint density at radius 3 is 0.885 bits per heavy atom.